The molecular weight excluding hydrogens is 226 g/mol. The van der Waals surface area contributed by atoms with E-state index in [-0.39, 0.29) is 12.1 Å². The van der Waals surface area contributed by atoms with Gasteiger partial charge in [0.05, 0.1) is 6.10 Å². The zero-order valence-electron chi connectivity index (χ0n) is 11.0. The molecular formula is C15H23NO2. The van der Waals surface area contributed by atoms with Crippen molar-refractivity contribution in [3.8, 4) is 5.75 Å². The highest BCUT2D eigenvalue weighted by Gasteiger charge is 2.20. The highest BCUT2D eigenvalue weighted by Crippen LogP contribution is 2.24. The molecule has 0 bridgehead atoms. The van der Waals surface area contributed by atoms with Crippen LogP contribution in [0.25, 0.3) is 0 Å². The van der Waals surface area contributed by atoms with Crippen LogP contribution in [-0.2, 0) is 0 Å². The third-order valence-corrected chi connectivity index (χ3v) is 3.86. The predicted molar refractivity (Wildman–Crippen MR) is 72.5 cm³/mol. The van der Waals surface area contributed by atoms with Crippen LogP contribution < -0.4 is 5.32 Å². The molecule has 0 aliphatic heterocycles. The SMILES string of the molecule is CC(NCC1CCCC(O)C1)c1ccc(O)cc1. The van der Waals surface area contributed by atoms with Gasteiger partial charge >= 0.3 is 0 Å². The minimum atomic E-state index is -0.102. The summed E-state index contributed by atoms with van der Waals surface area (Å²) >= 11 is 0. The normalized spacial score (nSPS) is 25.9. The number of benzene rings is 1. The lowest BCUT2D eigenvalue weighted by molar-refractivity contribution is 0.0998. The monoisotopic (exact) mass is 249 g/mol. The summed E-state index contributed by atoms with van der Waals surface area (Å²) in [6.45, 7) is 3.09. The molecule has 3 nitrogen and oxygen atoms in total. The lowest BCUT2D eigenvalue weighted by Crippen LogP contribution is -2.30. The highest BCUT2D eigenvalue weighted by atomic mass is 16.3. The predicted octanol–water partition coefficient (Wildman–Crippen LogP) is 2.59. The summed E-state index contributed by atoms with van der Waals surface area (Å²) in [7, 11) is 0. The third kappa shape index (κ3) is 3.72. The molecule has 1 aromatic carbocycles. The van der Waals surface area contributed by atoms with Crippen molar-refractivity contribution < 1.29 is 10.2 Å². The van der Waals surface area contributed by atoms with Crippen molar-refractivity contribution >= 4 is 0 Å². The van der Waals surface area contributed by atoms with E-state index < -0.39 is 0 Å². The fraction of sp³-hybridized carbons (Fsp3) is 0.600. The van der Waals surface area contributed by atoms with E-state index in [2.05, 4.69) is 12.2 Å². The largest absolute Gasteiger partial charge is 0.508 e. The standard InChI is InChI=1S/C15H23NO2/c1-11(13-5-7-14(17)8-6-13)16-10-12-3-2-4-15(18)9-12/h5-8,11-12,15-18H,2-4,9-10H2,1H3. The molecule has 2 rings (SSSR count). The Labute approximate surface area is 109 Å². The zero-order valence-corrected chi connectivity index (χ0v) is 11.0. The summed E-state index contributed by atoms with van der Waals surface area (Å²) in [6, 6.07) is 7.62. The van der Waals surface area contributed by atoms with E-state index in [1.165, 1.54) is 12.0 Å². The van der Waals surface area contributed by atoms with E-state index in [0.29, 0.717) is 11.7 Å². The molecule has 100 valence electrons. The summed E-state index contributed by atoms with van der Waals surface area (Å²) in [5, 5.41) is 22.4. The molecule has 1 aliphatic rings. The van der Waals surface area contributed by atoms with Crippen molar-refractivity contribution in [2.24, 2.45) is 5.92 Å². The Hall–Kier alpha value is -1.06. The van der Waals surface area contributed by atoms with Crippen molar-refractivity contribution in [2.45, 2.75) is 44.8 Å². The number of hydrogen-bond donors (Lipinski definition) is 3. The number of hydrogen-bond acceptors (Lipinski definition) is 3. The highest BCUT2D eigenvalue weighted by molar-refractivity contribution is 5.27. The average molecular weight is 249 g/mol. The minimum absolute atomic E-state index is 0.102. The van der Waals surface area contributed by atoms with Crippen molar-refractivity contribution in [2.75, 3.05) is 6.54 Å². The maximum absolute atomic E-state index is 9.64. The van der Waals surface area contributed by atoms with Crippen LogP contribution in [0.4, 0.5) is 0 Å². The van der Waals surface area contributed by atoms with E-state index in [4.69, 9.17) is 0 Å². The number of rotatable bonds is 4. The van der Waals surface area contributed by atoms with E-state index in [0.717, 1.165) is 25.8 Å². The van der Waals surface area contributed by atoms with E-state index in [1.807, 2.05) is 12.1 Å². The molecule has 0 amide bonds. The summed E-state index contributed by atoms with van der Waals surface area (Å²) in [5.74, 6) is 0.898. The lowest BCUT2D eigenvalue weighted by Gasteiger charge is -2.27. The van der Waals surface area contributed by atoms with Gasteiger partial charge in [0.1, 0.15) is 5.75 Å². The number of phenols is 1. The minimum Gasteiger partial charge on any atom is -0.508 e. The summed E-state index contributed by atoms with van der Waals surface area (Å²) in [6.07, 6.45) is 4.14. The summed E-state index contributed by atoms with van der Waals surface area (Å²) < 4.78 is 0. The Morgan fingerprint density at radius 1 is 1.28 bits per heavy atom. The van der Waals surface area contributed by atoms with Crippen LogP contribution in [0.15, 0.2) is 24.3 Å². The van der Waals surface area contributed by atoms with Crippen molar-refractivity contribution in [3.63, 3.8) is 0 Å². The van der Waals surface area contributed by atoms with Gasteiger partial charge in [-0.2, -0.15) is 0 Å². The molecule has 0 spiro atoms. The van der Waals surface area contributed by atoms with Crippen molar-refractivity contribution in [3.05, 3.63) is 29.8 Å². The Morgan fingerprint density at radius 2 is 2.00 bits per heavy atom. The first-order valence-corrected chi connectivity index (χ1v) is 6.85. The van der Waals surface area contributed by atoms with Gasteiger partial charge in [0.15, 0.2) is 0 Å². The van der Waals surface area contributed by atoms with Crippen LogP contribution in [0.5, 0.6) is 5.75 Å². The molecule has 0 radical (unpaired) electrons. The molecule has 1 fully saturated rings. The van der Waals surface area contributed by atoms with Gasteiger partial charge in [0.2, 0.25) is 0 Å². The second-order valence-corrected chi connectivity index (χ2v) is 5.41. The van der Waals surface area contributed by atoms with Gasteiger partial charge in [0.25, 0.3) is 0 Å². The second kappa shape index (κ2) is 6.21. The molecule has 1 saturated carbocycles. The van der Waals surface area contributed by atoms with Crippen LogP contribution in [0.1, 0.15) is 44.2 Å². The Bertz CT molecular complexity index is 363. The topological polar surface area (TPSA) is 52.5 Å². The van der Waals surface area contributed by atoms with Crippen LogP contribution in [-0.4, -0.2) is 22.9 Å². The van der Waals surface area contributed by atoms with Crippen LogP contribution >= 0.6 is 0 Å². The zero-order chi connectivity index (χ0) is 13.0. The fourth-order valence-corrected chi connectivity index (χ4v) is 2.67. The Morgan fingerprint density at radius 3 is 2.67 bits per heavy atom. The molecule has 3 atom stereocenters. The number of nitrogens with one attached hydrogen (secondary N) is 1. The molecule has 1 aromatic rings. The summed E-state index contributed by atoms with van der Waals surface area (Å²) in [5.41, 5.74) is 1.18. The summed E-state index contributed by atoms with van der Waals surface area (Å²) in [4.78, 5) is 0. The first-order valence-electron chi connectivity index (χ1n) is 6.85. The first kappa shape index (κ1) is 13.4. The Balaban J connectivity index is 1.80. The number of aliphatic hydroxyl groups excluding tert-OH is 1. The molecule has 1 aliphatic carbocycles. The van der Waals surface area contributed by atoms with Crippen LogP contribution in [0.3, 0.4) is 0 Å². The quantitative estimate of drug-likeness (QED) is 0.769. The van der Waals surface area contributed by atoms with Crippen LogP contribution in [0.2, 0.25) is 0 Å². The van der Waals surface area contributed by atoms with Gasteiger partial charge in [-0.05, 0) is 56.3 Å². The molecule has 18 heavy (non-hydrogen) atoms. The average Bonchev–Trinajstić information content (AvgIpc) is 2.37. The van der Waals surface area contributed by atoms with Gasteiger partial charge in [-0.1, -0.05) is 18.6 Å². The van der Waals surface area contributed by atoms with Crippen molar-refractivity contribution in [1.29, 1.82) is 0 Å². The number of aliphatic hydroxyl groups is 1. The molecule has 0 saturated heterocycles. The lowest BCUT2D eigenvalue weighted by atomic mass is 9.87. The third-order valence-electron chi connectivity index (χ3n) is 3.86. The molecule has 3 heteroatoms. The molecule has 0 aromatic heterocycles. The van der Waals surface area contributed by atoms with Crippen molar-refractivity contribution in [1.82, 2.24) is 5.32 Å². The van der Waals surface area contributed by atoms with E-state index >= 15 is 0 Å². The molecule has 3 unspecified atom stereocenters. The fourth-order valence-electron chi connectivity index (χ4n) is 2.67. The number of aromatic hydroxyl groups is 1. The van der Waals surface area contributed by atoms with Gasteiger partial charge in [-0.15, -0.1) is 0 Å². The molecule has 3 N–H and O–H groups in total. The number of phenolic OH excluding ortho intramolecular Hbond substituents is 1. The van der Waals surface area contributed by atoms with Gasteiger partial charge < -0.3 is 15.5 Å². The Kier molecular flexibility index (Phi) is 4.61. The maximum Gasteiger partial charge on any atom is 0.115 e. The first-order chi connectivity index (χ1) is 8.65. The second-order valence-electron chi connectivity index (χ2n) is 5.41. The van der Waals surface area contributed by atoms with Gasteiger partial charge in [-0.25, -0.2) is 0 Å². The smallest absolute Gasteiger partial charge is 0.115 e. The maximum atomic E-state index is 9.64. The van der Waals surface area contributed by atoms with Gasteiger partial charge in [0, 0.05) is 6.04 Å². The molecule has 0 heterocycles. The van der Waals surface area contributed by atoms with Gasteiger partial charge in [-0.3, -0.25) is 0 Å². The van der Waals surface area contributed by atoms with E-state index in [9.17, 15) is 10.2 Å². The van der Waals surface area contributed by atoms with Crippen LogP contribution in [0, 0.1) is 5.92 Å². The van der Waals surface area contributed by atoms with E-state index in [1.54, 1.807) is 12.1 Å².